The van der Waals surface area contributed by atoms with Crippen molar-refractivity contribution in [2.75, 3.05) is 6.54 Å². The van der Waals surface area contributed by atoms with Crippen LogP contribution in [0.5, 0.6) is 0 Å². The number of carbonyl (C=O) groups is 4. The summed E-state index contributed by atoms with van der Waals surface area (Å²) in [6.45, 7) is 9.22. The summed E-state index contributed by atoms with van der Waals surface area (Å²) in [6, 6.07) is -2.73. The molecule has 0 saturated carbocycles. The molecule has 0 radical (unpaired) electrons. The maximum atomic E-state index is 13.5. The van der Waals surface area contributed by atoms with Gasteiger partial charge in [0.15, 0.2) is 5.96 Å². The number of nitrogens with one attached hydrogen (secondary N) is 1. The Labute approximate surface area is 179 Å². The second-order valence-electron chi connectivity index (χ2n) is 8.33. The molecule has 0 saturated heterocycles. The Balaban J connectivity index is 5.99. The monoisotopic (exact) mass is 426 g/mol. The smallest absolute Gasteiger partial charge is 0.246 e. The quantitative estimate of drug-likeness (QED) is 0.130. The van der Waals surface area contributed by atoms with E-state index in [9.17, 15) is 19.2 Å². The Morgan fingerprint density at radius 1 is 1.03 bits per heavy atom. The van der Waals surface area contributed by atoms with E-state index in [2.05, 4.69) is 10.3 Å². The SMILES string of the molecule is CC(=O)NC(CC(C)C)C(=O)N(C(C=O)CCCN=C(N)N)C(CC(C)C)C(N)=O. The van der Waals surface area contributed by atoms with Gasteiger partial charge < -0.3 is 32.2 Å². The third-order valence-electron chi connectivity index (χ3n) is 4.46. The van der Waals surface area contributed by atoms with Crippen molar-refractivity contribution in [2.24, 2.45) is 34.0 Å². The first-order valence-corrected chi connectivity index (χ1v) is 10.3. The standard InChI is InChI=1S/C20H38N6O4/c1-12(2)9-16(25-14(5)28)19(30)26(17(18(21)29)10-13(3)4)15(11-27)7-6-8-24-20(22)23/h11-13,15-17H,6-10H2,1-5H3,(H2,21,29)(H,25,28)(H4,22,23,24). The molecule has 0 aromatic carbocycles. The minimum Gasteiger partial charge on any atom is -0.370 e. The first-order valence-electron chi connectivity index (χ1n) is 10.3. The highest BCUT2D eigenvalue weighted by molar-refractivity contribution is 5.93. The maximum absolute atomic E-state index is 13.5. The molecule has 0 aliphatic rings. The van der Waals surface area contributed by atoms with Gasteiger partial charge in [-0.2, -0.15) is 0 Å². The first kappa shape index (κ1) is 27.4. The zero-order valence-corrected chi connectivity index (χ0v) is 18.8. The van der Waals surface area contributed by atoms with Gasteiger partial charge in [0.05, 0.1) is 6.04 Å². The molecule has 0 rings (SSSR count). The van der Waals surface area contributed by atoms with Crippen LogP contribution < -0.4 is 22.5 Å². The number of nitrogens with zero attached hydrogens (tertiary/aromatic N) is 2. The number of rotatable bonds is 14. The van der Waals surface area contributed by atoms with Crippen molar-refractivity contribution in [1.29, 1.82) is 0 Å². The molecule has 0 spiro atoms. The summed E-state index contributed by atoms with van der Waals surface area (Å²) in [7, 11) is 0. The molecule has 0 aliphatic carbocycles. The summed E-state index contributed by atoms with van der Waals surface area (Å²) in [6.07, 6.45) is 1.97. The lowest BCUT2D eigenvalue weighted by molar-refractivity contribution is -0.147. The Morgan fingerprint density at radius 2 is 1.60 bits per heavy atom. The van der Waals surface area contributed by atoms with Crippen molar-refractivity contribution >= 4 is 30.0 Å². The van der Waals surface area contributed by atoms with Crippen LogP contribution >= 0.6 is 0 Å². The van der Waals surface area contributed by atoms with Crippen molar-refractivity contribution in [3.8, 4) is 0 Å². The third kappa shape index (κ3) is 10.2. The van der Waals surface area contributed by atoms with E-state index in [0.29, 0.717) is 25.5 Å². The van der Waals surface area contributed by atoms with Crippen molar-refractivity contribution in [2.45, 2.75) is 78.4 Å². The van der Waals surface area contributed by atoms with E-state index >= 15 is 0 Å². The number of guanidine groups is 1. The van der Waals surface area contributed by atoms with Crippen LogP contribution in [0, 0.1) is 11.8 Å². The number of aliphatic imine (C=N–C) groups is 1. The van der Waals surface area contributed by atoms with Crippen LogP contribution in [0.25, 0.3) is 0 Å². The van der Waals surface area contributed by atoms with Crippen LogP contribution in [0.3, 0.4) is 0 Å². The molecular formula is C20H38N6O4. The largest absolute Gasteiger partial charge is 0.370 e. The number of primary amides is 1. The molecule has 30 heavy (non-hydrogen) atoms. The number of aldehydes is 1. The van der Waals surface area contributed by atoms with Gasteiger partial charge in [0.25, 0.3) is 0 Å². The van der Waals surface area contributed by atoms with E-state index in [1.54, 1.807) is 0 Å². The van der Waals surface area contributed by atoms with Crippen LogP contribution in [0.4, 0.5) is 0 Å². The first-order chi connectivity index (χ1) is 13.9. The fourth-order valence-electron chi connectivity index (χ4n) is 3.26. The van der Waals surface area contributed by atoms with Crippen molar-refractivity contribution < 1.29 is 19.2 Å². The fourth-order valence-corrected chi connectivity index (χ4v) is 3.26. The van der Waals surface area contributed by atoms with E-state index in [-0.39, 0.29) is 36.7 Å². The average Bonchev–Trinajstić information content (AvgIpc) is 2.60. The van der Waals surface area contributed by atoms with Gasteiger partial charge >= 0.3 is 0 Å². The highest BCUT2D eigenvalue weighted by Gasteiger charge is 2.38. The molecule has 0 bridgehead atoms. The van der Waals surface area contributed by atoms with Gasteiger partial charge in [-0.05, 0) is 37.5 Å². The van der Waals surface area contributed by atoms with Gasteiger partial charge in [-0.15, -0.1) is 0 Å². The molecule has 3 atom stereocenters. The number of nitrogens with two attached hydrogens (primary N) is 3. The summed E-state index contributed by atoms with van der Waals surface area (Å²) in [5.74, 6) is -1.48. The third-order valence-corrected chi connectivity index (χ3v) is 4.46. The van der Waals surface area contributed by atoms with E-state index in [1.807, 2.05) is 27.7 Å². The summed E-state index contributed by atoms with van der Waals surface area (Å²) in [5, 5.41) is 2.65. The molecule has 0 aromatic heterocycles. The highest BCUT2D eigenvalue weighted by Crippen LogP contribution is 2.20. The van der Waals surface area contributed by atoms with Crippen molar-refractivity contribution in [3.63, 3.8) is 0 Å². The van der Waals surface area contributed by atoms with E-state index in [1.165, 1.54) is 11.8 Å². The topological polar surface area (TPSA) is 174 Å². The molecule has 172 valence electrons. The number of amides is 3. The van der Waals surface area contributed by atoms with E-state index < -0.39 is 29.9 Å². The minimum absolute atomic E-state index is 0.0519. The second-order valence-corrected chi connectivity index (χ2v) is 8.33. The Bertz CT molecular complexity index is 616. The Kier molecular flexibility index (Phi) is 12.4. The van der Waals surface area contributed by atoms with Crippen LogP contribution in [0.2, 0.25) is 0 Å². The summed E-state index contributed by atoms with van der Waals surface area (Å²) >= 11 is 0. The molecule has 10 heteroatoms. The molecule has 0 fully saturated rings. The van der Waals surface area contributed by atoms with Crippen LogP contribution in [-0.4, -0.2) is 59.5 Å². The molecule has 0 aromatic rings. The predicted octanol–water partition coefficient (Wildman–Crippen LogP) is -0.113. The molecule has 0 heterocycles. The van der Waals surface area contributed by atoms with Crippen molar-refractivity contribution in [3.05, 3.63) is 0 Å². The van der Waals surface area contributed by atoms with Crippen LogP contribution in [-0.2, 0) is 19.2 Å². The Hall–Kier alpha value is -2.65. The van der Waals surface area contributed by atoms with Gasteiger partial charge in [0.2, 0.25) is 17.7 Å². The van der Waals surface area contributed by atoms with Crippen molar-refractivity contribution in [1.82, 2.24) is 10.2 Å². The molecule has 3 amide bonds. The van der Waals surface area contributed by atoms with Gasteiger partial charge in [-0.3, -0.25) is 19.4 Å². The van der Waals surface area contributed by atoms with Crippen LogP contribution in [0.15, 0.2) is 4.99 Å². The maximum Gasteiger partial charge on any atom is 0.246 e. The van der Waals surface area contributed by atoms with E-state index in [0.717, 1.165) is 0 Å². The van der Waals surface area contributed by atoms with Gasteiger partial charge in [-0.1, -0.05) is 27.7 Å². The molecule has 3 unspecified atom stereocenters. The summed E-state index contributed by atoms with van der Waals surface area (Å²) in [4.78, 5) is 54.5. The summed E-state index contributed by atoms with van der Waals surface area (Å²) in [5.41, 5.74) is 16.3. The minimum atomic E-state index is -0.973. The summed E-state index contributed by atoms with van der Waals surface area (Å²) < 4.78 is 0. The fraction of sp³-hybridized carbons (Fsp3) is 0.750. The molecular weight excluding hydrogens is 388 g/mol. The van der Waals surface area contributed by atoms with Gasteiger partial charge in [0.1, 0.15) is 18.4 Å². The van der Waals surface area contributed by atoms with Gasteiger partial charge in [0, 0.05) is 13.5 Å². The molecule has 0 aliphatic heterocycles. The lowest BCUT2D eigenvalue weighted by Crippen LogP contribution is -2.59. The second kappa shape index (κ2) is 13.6. The number of carbonyl (C=O) groups excluding carboxylic acids is 4. The van der Waals surface area contributed by atoms with Gasteiger partial charge in [-0.25, -0.2) is 0 Å². The average molecular weight is 427 g/mol. The lowest BCUT2D eigenvalue weighted by Gasteiger charge is -2.37. The zero-order valence-electron chi connectivity index (χ0n) is 18.8. The normalized spacial score (nSPS) is 14.0. The van der Waals surface area contributed by atoms with Crippen LogP contribution in [0.1, 0.15) is 60.3 Å². The zero-order chi connectivity index (χ0) is 23.4. The number of hydrogen-bond acceptors (Lipinski definition) is 5. The van der Waals surface area contributed by atoms with E-state index in [4.69, 9.17) is 17.2 Å². The highest BCUT2D eigenvalue weighted by atomic mass is 16.2. The molecule has 7 N–H and O–H groups in total. The molecule has 10 nitrogen and oxygen atoms in total. The predicted molar refractivity (Wildman–Crippen MR) is 116 cm³/mol. The number of hydrogen-bond donors (Lipinski definition) is 4. The lowest BCUT2D eigenvalue weighted by atomic mass is 9.95. The Morgan fingerprint density at radius 3 is 2.00 bits per heavy atom.